The van der Waals surface area contributed by atoms with Crippen molar-refractivity contribution >= 4 is 5.91 Å². The first kappa shape index (κ1) is 19.3. The second-order valence-corrected chi connectivity index (χ2v) is 6.00. The molecule has 7 nitrogen and oxygen atoms in total. The van der Waals surface area contributed by atoms with Gasteiger partial charge in [-0.05, 0) is 36.4 Å². The van der Waals surface area contributed by atoms with E-state index in [1.807, 2.05) is 0 Å². The third-order valence-corrected chi connectivity index (χ3v) is 4.17. The molecule has 0 aliphatic carbocycles. The largest absolute Gasteiger partial charge is 0.497 e. The Morgan fingerprint density at radius 3 is 2.54 bits per heavy atom. The van der Waals surface area contributed by atoms with Crippen LogP contribution in [0.25, 0.3) is 11.4 Å². The fourth-order valence-corrected chi connectivity index (χ4v) is 2.67. The predicted molar refractivity (Wildman–Crippen MR) is 98.1 cm³/mol. The third-order valence-electron chi connectivity index (χ3n) is 4.17. The smallest absolute Gasteiger partial charge is 0.345 e. The lowest BCUT2D eigenvalue weighted by molar-refractivity contribution is 0.0947. The first-order valence-corrected chi connectivity index (χ1v) is 8.42. The number of aromatic nitrogens is 3. The third kappa shape index (κ3) is 3.93. The van der Waals surface area contributed by atoms with Crippen molar-refractivity contribution < 1.29 is 18.3 Å². The van der Waals surface area contributed by atoms with E-state index in [1.54, 1.807) is 38.4 Å². The highest BCUT2D eigenvalue weighted by atomic mass is 19.1. The number of benzene rings is 2. The molecule has 0 bridgehead atoms. The lowest BCUT2D eigenvalue weighted by Crippen LogP contribution is -2.32. The van der Waals surface area contributed by atoms with Crippen molar-refractivity contribution in [2.75, 3.05) is 13.7 Å². The minimum absolute atomic E-state index is 0.0502. The molecule has 0 radical (unpaired) electrons. The molecule has 1 amide bonds. The Morgan fingerprint density at radius 2 is 1.89 bits per heavy atom. The molecule has 3 aromatic rings. The fraction of sp³-hybridized carbons (Fsp3) is 0.211. The van der Waals surface area contributed by atoms with Crippen LogP contribution in [0.15, 0.2) is 47.3 Å². The van der Waals surface area contributed by atoms with Crippen molar-refractivity contribution in [3.63, 3.8) is 0 Å². The molecule has 1 N–H and O–H groups in total. The maximum absolute atomic E-state index is 13.6. The van der Waals surface area contributed by atoms with Gasteiger partial charge in [0.2, 0.25) is 0 Å². The summed E-state index contributed by atoms with van der Waals surface area (Å²) in [4.78, 5) is 24.4. The molecule has 0 saturated carbocycles. The summed E-state index contributed by atoms with van der Waals surface area (Å²) in [5, 5.41) is 6.78. The molecule has 0 aliphatic rings. The molecule has 146 valence electrons. The molecule has 0 aliphatic heterocycles. The molecular formula is C19H18F2N4O3. The van der Waals surface area contributed by atoms with Crippen LogP contribution < -0.4 is 15.7 Å². The average Bonchev–Trinajstić information content (AvgIpc) is 2.96. The summed E-state index contributed by atoms with van der Waals surface area (Å²) in [6.07, 6.45) is 0. The number of nitrogens with one attached hydrogen (secondary N) is 1. The van der Waals surface area contributed by atoms with E-state index in [-0.39, 0.29) is 24.3 Å². The van der Waals surface area contributed by atoms with Crippen molar-refractivity contribution in [1.29, 1.82) is 0 Å². The Balaban J connectivity index is 1.69. The van der Waals surface area contributed by atoms with E-state index in [0.717, 1.165) is 17.7 Å². The number of amides is 1. The van der Waals surface area contributed by atoms with Gasteiger partial charge in [0.1, 0.15) is 17.4 Å². The van der Waals surface area contributed by atoms with Crippen LogP contribution in [-0.2, 0) is 13.6 Å². The molecular weight excluding hydrogens is 370 g/mol. The van der Waals surface area contributed by atoms with E-state index in [4.69, 9.17) is 4.74 Å². The lowest BCUT2D eigenvalue weighted by atomic mass is 10.2. The molecule has 2 aromatic carbocycles. The van der Waals surface area contributed by atoms with Gasteiger partial charge in [-0.2, -0.15) is 0 Å². The first-order chi connectivity index (χ1) is 13.4. The van der Waals surface area contributed by atoms with Gasteiger partial charge >= 0.3 is 5.69 Å². The van der Waals surface area contributed by atoms with Gasteiger partial charge in [-0.1, -0.05) is 0 Å². The molecule has 0 spiro atoms. The zero-order chi connectivity index (χ0) is 20.3. The zero-order valence-electron chi connectivity index (χ0n) is 15.3. The van der Waals surface area contributed by atoms with Crippen LogP contribution in [0.5, 0.6) is 5.75 Å². The van der Waals surface area contributed by atoms with Gasteiger partial charge < -0.3 is 10.1 Å². The van der Waals surface area contributed by atoms with Crippen molar-refractivity contribution in [3.05, 3.63) is 70.1 Å². The summed E-state index contributed by atoms with van der Waals surface area (Å²) in [6, 6.07) is 9.79. The van der Waals surface area contributed by atoms with E-state index in [0.29, 0.717) is 17.6 Å². The Kier molecular flexibility index (Phi) is 5.53. The van der Waals surface area contributed by atoms with Crippen LogP contribution in [0, 0.1) is 11.6 Å². The summed E-state index contributed by atoms with van der Waals surface area (Å²) in [7, 11) is 3.16. The number of ether oxygens (including phenoxy) is 1. The molecule has 9 heteroatoms. The van der Waals surface area contributed by atoms with E-state index in [2.05, 4.69) is 10.4 Å². The van der Waals surface area contributed by atoms with Crippen LogP contribution in [0.2, 0.25) is 0 Å². The van der Waals surface area contributed by atoms with Crippen LogP contribution in [-0.4, -0.2) is 33.9 Å². The summed E-state index contributed by atoms with van der Waals surface area (Å²) in [6.45, 7) is 0.145. The van der Waals surface area contributed by atoms with Gasteiger partial charge in [-0.25, -0.2) is 18.3 Å². The number of methoxy groups -OCH3 is 1. The van der Waals surface area contributed by atoms with Crippen LogP contribution in [0.1, 0.15) is 10.4 Å². The van der Waals surface area contributed by atoms with Crippen LogP contribution in [0.4, 0.5) is 8.78 Å². The number of carbonyl (C=O) groups is 1. The Bertz CT molecular complexity index is 1060. The SMILES string of the molecule is COc1ccc(-c2nn(CCNC(=O)c3ccc(F)cc3F)c(=O)n2C)cc1. The van der Waals surface area contributed by atoms with E-state index in [1.165, 1.54) is 9.25 Å². The second-order valence-electron chi connectivity index (χ2n) is 6.00. The number of carbonyl (C=O) groups excluding carboxylic acids is 1. The average molecular weight is 388 g/mol. The van der Waals surface area contributed by atoms with Crippen molar-refractivity contribution in [2.45, 2.75) is 6.54 Å². The number of hydrogen-bond donors (Lipinski definition) is 1. The minimum atomic E-state index is -0.950. The standard InChI is InChI=1S/C19H18F2N4O3/c1-24-17(12-3-6-14(28-2)7-4-12)23-25(19(24)27)10-9-22-18(26)15-8-5-13(20)11-16(15)21/h3-8,11H,9-10H2,1-2H3,(H,22,26). The summed E-state index contributed by atoms with van der Waals surface area (Å²) >= 11 is 0. The van der Waals surface area contributed by atoms with Crippen molar-refractivity contribution in [3.8, 4) is 17.1 Å². The number of halogens is 2. The minimum Gasteiger partial charge on any atom is -0.497 e. The maximum atomic E-state index is 13.6. The quantitative estimate of drug-likeness (QED) is 0.700. The second kappa shape index (κ2) is 8.03. The Morgan fingerprint density at radius 1 is 1.18 bits per heavy atom. The molecule has 28 heavy (non-hydrogen) atoms. The molecule has 3 rings (SSSR count). The van der Waals surface area contributed by atoms with E-state index >= 15 is 0 Å². The Hall–Kier alpha value is -3.49. The maximum Gasteiger partial charge on any atom is 0.345 e. The molecule has 1 heterocycles. The first-order valence-electron chi connectivity index (χ1n) is 8.42. The van der Waals surface area contributed by atoms with Gasteiger partial charge in [0.25, 0.3) is 5.91 Å². The number of rotatable bonds is 6. The van der Waals surface area contributed by atoms with Crippen molar-refractivity contribution in [2.24, 2.45) is 7.05 Å². The van der Waals surface area contributed by atoms with E-state index < -0.39 is 17.5 Å². The predicted octanol–water partition coefficient (Wildman–Crippen LogP) is 1.97. The lowest BCUT2D eigenvalue weighted by Gasteiger charge is -2.06. The van der Waals surface area contributed by atoms with Gasteiger partial charge in [-0.15, -0.1) is 5.10 Å². The van der Waals surface area contributed by atoms with Gasteiger partial charge in [0.15, 0.2) is 5.82 Å². The molecule has 0 saturated heterocycles. The fourth-order valence-electron chi connectivity index (χ4n) is 2.67. The highest BCUT2D eigenvalue weighted by Gasteiger charge is 2.14. The topological polar surface area (TPSA) is 78.2 Å². The highest BCUT2D eigenvalue weighted by Crippen LogP contribution is 2.19. The van der Waals surface area contributed by atoms with E-state index in [9.17, 15) is 18.4 Å². The van der Waals surface area contributed by atoms with Crippen molar-refractivity contribution in [1.82, 2.24) is 19.7 Å². The summed E-state index contributed by atoms with van der Waals surface area (Å²) in [5.41, 5.74) is 0.110. The van der Waals surface area contributed by atoms with Crippen LogP contribution >= 0.6 is 0 Å². The van der Waals surface area contributed by atoms with Gasteiger partial charge in [0.05, 0.1) is 19.2 Å². The zero-order valence-corrected chi connectivity index (χ0v) is 15.3. The monoisotopic (exact) mass is 388 g/mol. The molecule has 0 fully saturated rings. The molecule has 0 atom stereocenters. The Labute approximate surface area is 159 Å². The summed E-state index contributed by atoms with van der Waals surface area (Å²) < 4.78 is 34.3. The molecule has 1 aromatic heterocycles. The van der Waals surface area contributed by atoms with Crippen LogP contribution in [0.3, 0.4) is 0 Å². The highest BCUT2D eigenvalue weighted by molar-refractivity contribution is 5.94. The number of nitrogens with zero attached hydrogens (tertiary/aromatic N) is 3. The normalized spacial score (nSPS) is 10.7. The summed E-state index contributed by atoms with van der Waals surface area (Å²) in [5.74, 6) is -1.27. The molecule has 0 unspecified atom stereocenters. The van der Waals surface area contributed by atoms with Gasteiger partial charge in [-0.3, -0.25) is 9.36 Å². The van der Waals surface area contributed by atoms with Gasteiger partial charge in [0, 0.05) is 25.2 Å². The number of hydrogen-bond acceptors (Lipinski definition) is 4.